The summed E-state index contributed by atoms with van der Waals surface area (Å²) in [6, 6.07) is 8.51. The lowest BCUT2D eigenvalue weighted by molar-refractivity contribution is 0.152. The zero-order chi connectivity index (χ0) is 19.9. The van der Waals surface area contributed by atoms with E-state index in [2.05, 4.69) is 55.9 Å². The van der Waals surface area contributed by atoms with Gasteiger partial charge in [-0.15, -0.1) is 0 Å². The van der Waals surface area contributed by atoms with Crippen molar-refractivity contribution in [3.8, 4) is 5.75 Å². The number of likely N-dealkylation sites (tertiary alicyclic amines) is 1. The Bertz CT molecular complexity index is 748. The fourth-order valence-electron chi connectivity index (χ4n) is 4.38. The standard InChI is InChI=1S/C23H33N5O/c1-20-5-4-10-26(18-20)15-16-29-22-7-3-2-6-21(22)19-27-11-13-28(14-12-27)23-17-24-8-9-25-23/h2-3,6-9,17,20H,4-5,10-16,18-19H2,1H3. The molecule has 2 saturated heterocycles. The van der Waals surface area contributed by atoms with Crippen LogP contribution in [0.15, 0.2) is 42.9 Å². The largest absolute Gasteiger partial charge is 0.492 e. The summed E-state index contributed by atoms with van der Waals surface area (Å²) in [6.07, 6.45) is 8.02. The Morgan fingerprint density at radius 3 is 2.69 bits per heavy atom. The van der Waals surface area contributed by atoms with Crippen LogP contribution in [0.5, 0.6) is 5.75 Å². The van der Waals surface area contributed by atoms with Gasteiger partial charge >= 0.3 is 0 Å². The van der Waals surface area contributed by atoms with Gasteiger partial charge in [-0.1, -0.05) is 25.1 Å². The van der Waals surface area contributed by atoms with Gasteiger partial charge in [-0.05, 0) is 31.4 Å². The summed E-state index contributed by atoms with van der Waals surface area (Å²) in [5, 5.41) is 0. The number of ether oxygens (including phenoxy) is 1. The SMILES string of the molecule is CC1CCCN(CCOc2ccccc2CN2CCN(c3cnccn3)CC2)C1. The predicted octanol–water partition coefficient (Wildman–Crippen LogP) is 2.91. The summed E-state index contributed by atoms with van der Waals surface area (Å²) in [7, 11) is 0. The van der Waals surface area contributed by atoms with Crippen molar-refractivity contribution in [2.75, 3.05) is 57.3 Å². The van der Waals surface area contributed by atoms with E-state index in [4.69, 9.17) is 4.74 Å². The molecule has 0 saturated carbocycles. The third-order valence-corrected chi connectivity index (χ3v) is 6.02. The summed E-state index contributed by atoms with van der Waals surface area (Å²) in [5.74, 6) is 2.83. The average Bonchev–Trinajstić information content (AvgIpc) is 2.76. The highest BCUT2D eigenvalue weighted by molar-refractivity contribution is 5.36. The molecule has 1 aromatic carbocycles. The molecular weight excluding hydrogens is 362 g/mol. The van der Waals surface area contributed by atoms with Crippen LogP contribution in [0.3, 0.4) is 0 Å². The Hall–Kier alpha value is -2.18. The first-order chi connectivity index (χ1) is 14.3. The number of hydrogen-bond donors (Lipinski definition) is 0. The summed E-state index contributed by atoms with van der Waals surface area (Å²) in [5.41, 5.74) is 1.28. The van der Waals surface area contributed by atoms with Gasteiger partial charge in [-0.25, -0.2) is 4.98 Å². The van der Waals surface area contributed by atoms with Crippen molar-refractivity contribution in [2.24, 2.45) is 5.92 Å². The Balaban J connectivity index is 1.26. The third-order valence-electron chi connectivity index (χ3n) is 6.02. The van der Waals surface area contributed by atoms with Crippen LogP contribution < -0.4 is 9.64 Å². The lowest BCUT2D eigenvalue weighted by Gasteiger charge is -2.35. The van der Waals surface area contributed by atoms with E-state index in [1.165, 1.54) is 31.5 Å². The molecule has 4 rings (SSSR count). The van der Waals surface area contributed by atoms with Crippen LogP contribution in [0, 0.1) is 5.92 Å². The minimum absolute atomic E-state index is 0.768. The number of aromatic nitrogens is 2. The first-order valence-electron chi connectivity index (χ1n) is 10.9. The molecule has 1 unspecified atom stereocenters. The van der Waals surface area contributed by atoms with Gasteiger partial charge in [0.1, 0.15) is 18.2 Å². The molecule has 0 N–H and O–H groups in total. The average molecular weight is 396 g/mol. The van der Waals surface area contributed by atoms with Crippen molar-refractivity contribution in [2.45, 2.75) is 26.3 Å². The molecule has 2 aromatic rings. The van der Waals surface area contributed by atoms with E-state index in [0.29, 0.717) is 0 Å². The van der Waals surface area contributed by atoms with Gasteiger partial charge in [0.15, 0.2) is 0 Å². The lowest BCUT2D eigenvalue weighted by atomic mass is 10.0. The number of piperidine rings is 1. The summed E-state index contributed by atoms with van der Waals surface area (Å²) in [4.78, 5) is 16.0. The summed E-state index contributed by atoms with van der Waals surface area (Å²) in [6.45, 7) is 11.5. The first-order valence-corrected chi connectivity index (χ1v) is 10.9. The van der Waals surface area contributed by atoms with Gasteiger partial charge < -0.3 is 9.64 Å². The molecule has 2 fully saturated rings. The Labute approximate surface area is 174 Å². The number of rotatable bonds is 7. The summed E-state index contributed by atoms with van der Waals surface area (Å²) >= 11 is 0. The van der Waals surface area contributed by atoms with Gasteiger partial charge in [0, 0.05) is 63.8 Å². The van der Waals surface area contributed by atoms with E-state index in [-0.39, 0.29) is 0 Å². The van der Waals surface area contributed by atoms with E-state index in [1.807, 2.05) is 6.20 Å². The molecule has 3 heterocycles. The molecule has 6 heteroatoms. The van der Waals surface area contributed by atoms with E-state index >= 15 is 0 Å². The molecule has 6 nitrogen and oxygen atoms in total. The number of piperazine rings is 1. The maximum atomic E-state index is 6.21. The minimum Gasteiger partial charge on any atom is -0.492 e. The van der Waals surface area contributed by atoms with Crippen LogP contribution in [-0.4, -0.2) is 72.2 Å². The van der Waals surface area contributed by atoms with Gasteiger partial charge in [0.05, 0.1) is 6.20 Å². The maximum absolute atomic E-state index is 6.21. The zero-order valence-electron chi connectivity index (χ0n) is 17.5. The topological polar surface area (TPSA) is 44.7 Å². The Kier molecular flexibility index (Phi) is 6.96. The fourth-order valence-corrected chi connectivity index (χ4v) is 4.38. The summed E-state index contributed by atoms with van der Waals surface area (Å²) < 4.78 is 6.21. The van der Waals surface area contributed by atoms with Crippen LogP contribution in [0.1, 0.15) is 25.3 Å². The van der Waals surface area contributed by atoms with Gasteiger partial charge in [0.2, 0.25) is 0 Å². The number of anilines is 1. The van der Waals surface area contributed by atoms with Crippen molar-refractivity contribution in [3.05, 3.63) is 48.4 Å². The molecule has 29 heavy (non-hydrogen) atoms. The van der Waals surface area contributed by atoms with Crippen molar-refractivity contribution in [1.29, 1.82) is 0 Å². The quantitative estimate of drug-likeness (QED) is 0.718. The van der Waals surface area contributed by atoms with Crippen molar-refractivity contribution in [3.63, 3.8) is 0 Å². The Morgan fingerprint density at radius 2 is 1.90 bits per heavy atom. The maximum Gasteiger partial charge on any atom is 0.147 e. The third kappa shape index (κ3) is 5.67. The van der Waals surface area contributed by atoms with Crippen molar-refractivity contribution < 1.29 is 4.74 Å². The van der Waals surface area contributed by atoms with E-state index in [9.17, 15) is 0 Å². The highest BCUT2D eigenvalue weighted by Crippen LogP contribution is 2.22. The van der Waals surface area contributed by atoms with E-state index < -0.39 is 0 Å². The van der Waals surface area contributed by atoms with Crippen LogP contribution in [-0.2, 0) is 6.54 Å². The molecular formula is C23H33N5O. The Morgan fingerprint density at radius 1 is 1.03 bits per heavy atom. The fraction of sp³-hybridized carbons (Fsp3) is 0.565. The smallest absolute Gasteiger partial charge is 0.147 e. The van der Waals surface area contributed by atoms with E-state index in [0.717, 1.165) is 63.4 Å². The molecule has 0 amide bonds. The number of benzene rings is 1. The van der Waals surface area contributed by atoms with Gasteiger partial charge in [0.25, 0.3) is 0 Å². The van der Waals surface area contributed by atoms with Crippen molar-refractivity contribution >= 4 is 5.82 Å². The predicted molar refractivity (Wildman–Crippen MR) is 116 cm³/mol. The monoisotopic (exact) mass is 395 g/mol. The highest BCUT2D eigenvalue weighted by atomic mass is 16.5. The second-order valence-corrected chi connectivity index (χ2v) is 8.33. The molecule has 0 spiro atoms. The van der Waals surface area contributed by atoms with Gasteiger partial charge in [-0.2, -0.15) is 0 Å². The highest BCUT2D eigenvalue weighted by Gasteiger charge is 2.20. The normalized spacial score (nSPS) is 21.3. The second-order valence-electron chi connectivity index (χ2n) is 8.33. The molecule has 156 valence electrons. The molecule has 1 atom stereocenters. The number of hydrogen-bond acceptors (Lipinski definition) is 6. The second kappa shape index (κ2) is 10.0. The molecule has 2 aliphatic heterocycles. The van der Waals surface area contributed by atoms with Crippen LogP contribution >= 0.6 is 0 Å². The van der Waals surface area contributed by atoms with Crippen LogP contribution in [0.2, 0.25) is 0 Å². The zero-order valence-corrected chi connectivity index (χ0v) is 17.5. The van der Waals surface area contributed by atoms with Crippen LogP contribution in [0.4, 0.5) is 5.82 Å². The number of nitrogens with zero attached hydrogens (tertiary/aromatic N) is 5. The van der Waals surface area contributed by atoms with Gasteiger partial charge in [-0.3, -0.25) is 14.8 Å². The molecule has 0 aliphatic carbocycles. The molecule has 0 bridgehead atoms. The van der Waals surface area contributed by atoms with Crippen LogP contribution in [0.25, 0.3) is 0 Å². The van der Waals surface area contributed by atoms with Crippen molar-refractivity contribution in [1.82, 2.24) is 19.8 Å². The molecule has 1 aromatic heterocycles. The lowest BCUT2D eigenvalue weighted by Crippen LogP contribution is -2.46. The minimum atomic E-state index is 0.768. The van der Waals surface area contributed by atoms with E-state index in [1.54, 1.807) is 12.4 Å². The molecule has 0 radical (unpaired) electrons. The molecule has 2 aliphatic rings. The first kappa shape index (κ1) is 20.1. The number of para-hydroxylation sites is 1.